The summed E-state index contributed by atoms with van der Waals surface area (Å²) in [5.74, 6) is -0.683. The summed E-state index contributed by atoms with van der Waals surface area (Å²) in [6, 6.07) is 11.9. The summed E-state index contributed by atoms with van der Waals surface area (Å²) < 4.78 is 10.9. The van der Waals surface area contributed by atoms with Crippen LogP contribution in [-0.4, -0.2) is 42.2 Å². The minimum atomic E-state index is -0.748. The average Bonchev–Trinajstić information content (AvgIpc) is 2.83. The summed E-state index contributed by atoms with van der Waals surface area (Å²) in [4.78, 5) is 37.0. The molecular weight excluding hydrogens is 422 g/mol. The molecule has 0 bridgehead atoms. The number of amides is 1. The first-order valence-electron chi connectivity index (χ1n) is 11.1. The molecule has 1 aliphatic rings. The molecule has 2 aromatic rings. The van der Waals surface area contributed by atoms with E-state index >= 15 is 0 Å². The van der Waals surface area contributed by atoms with Crippen LogP contribution in [0.3, 0.4) is 0 Å². The topological polar surface area (TPSA) is 132 Å². The van der Waals surface area contributed by atoms with Crippen molar-refractivity contribution in [2.75, 3.05) is 6.61 Å². The van der Waals surface area contributed by atoms with E-state index < -0.39 is 17.9 Å². The highest BCUT2D eigenvalue weighted by molar-refractivity contribution is 6.04. The summed E-state index contributed by atoms with van der Waals surface area (Å²) >= 11 is 0. The number of ether oxygens (including phenoxy) is 2. The van der Waals surface area contributed by atoms with Crippen molar-refractivity contribution in [1.82, 2.24) is 5.32 Å². The third-order valence-corrected chi connectivity index (χ3v) is 5.54. The van der Waals surface area contributed by atoms with Crippen LogP contribution in [0.4, 0.5) is 0 Å². The van der Waals surface area contributed by atoms with Gasteiger partial charge in [-0.25, -0.2) is 4.79 Å². The number of Topliss-reactive ketones (excluding diaryl/α,β-unsaturated/α-hetero) is 1. The maximum Gasteiger partial charge on any atom is 0.344 e. The van der Waals surface area contributed by atoms with E-state index in [0.717, 1.165) is 25.7 Å². The van der Waals surface area contributed by atoms with Crippen molar-refractivity contribution in [2.24, 2.45) is 5.73 Å². The van der Waals surface area contributed by atoms with Crippen LogP contribution >= 0.6 is 0 Å². The highest BCUT2D eigenvalue weighted by Crippen LogP contribution is 2.20. The van der Waals surface area contributed by atoms with E-state index in [1.807, 2.05) is 0 Å². The highest BCUT2D eigenvalue weighted by Gasteiger charge is 2.20. The first kappa shape index (κ1) is 24.0. The third kappa shape index (κ3) is 6.90. The molecule has 174 valence electrons. The Morgan fingerprint density at radius 1 is 0.970 bits per heavy atom. The Hall–Kier alpha value is -3.68. The molecule has 4 N–H and O–H groups in total. The maximum absolute atomic E-state index is 12.7. The Bertz CT molecular complexity index is 996. The molecule has 3 rings (SSSR count). The normalized spacial score (nSPS) is 14.7. The van der Waals surface area contributed by atoms with Crippen LogP contribution in [0.15, 0.2) is 48.5 Å². The Kier molecular flexibility index (Phi) is 8.18. The fraction of sp³-hybridized carbons (Fsp3) is 0.360. The smallest absolute Gasteiger partial charge is 0.344 e. The summed E-state index contributed by atoms with van der Waals surface area (Å²) in [7, 11) is 0. The van der Waals surface area contributed by atoms with Crippen LogP contribution in [0.1, 0.15) is 65.3 Å². The van der Waals surface area contributed by atoms with Crippen molar-refractivity contribution >= 4 is 23.5 Å². The van der Waals surface area contributed by atoms with Crippen molar-refractivity contribution in [3.63, 3.8) is 0 Å². The molecule has 33 heavy (non-hydrogen) atoms. The van der Waals surface area contributed by atoms with Crippen molar-refractivity contribution < 1.29 is 23.9 Å². The van der Waals surface area contributed by atoms with Gasteiger partial charge in [-0.15, -0.1) is 0 Å². The molecule has 1 fully saturated rings. The molecule has 8 heteroatoms. The number of hydrogen-bond donors (Lipinski definition) is 3. The molecule has 0 radical (unpaired) electrons. The summed E-state index contributed by atoms with van der Waals surface area (Å²) in [5, 5.41) is 10.1. The first-order chi connectivity index (χ1) is 15.8. The molecule has 0 saturated heterocycles. The van der Waals surface area contributed by atoms with Gasteiger partial charge in [0.1, 0.15) is 17.7 Å². The molecular formula is C25H29N3O5. The lowest BCUT2D eigenvalue weighted by Gasteiger charge is -2.21. The lowest BCUT2D eigenvalue weighted by atomic mass is 9.98. The van der Waals surface area contributed by atoms with Gasteiger partial charge in [-0.1, -0.05) is 18.6 Å². The predicted octanol–water partition coefficient (Wildman–Crippen LogP) is 3.23. The number of nitrogens with two attached hydrogens (primary N) is 1. The van der Waals surface area contributed by atoms with Crippen molar-refractivity contribution in [1.29, 1.82) is 5.41 Å². The number of nitrogen functional groups attached to an aromatic ring is 1. The summed E-state index contributed by atoms with van der Waals surface area (Å²) in [6.07, 6.45) is 5.14. The van der Waals surface area contributed by atoms with Crippen molar-refractivity contribution in [3.05, 3.63) is 65.2 Å². The quantitative estimate of drug-likeness (QED) is 0.232. The molecule has 0 aromatic heterocycles. The van der Waals surface area contributed by atoms with Crippen molar-refractivity contribution in [2.45, 2.75) is 51.2 Å². The van der Waals surface area contributed by atoms with Gasteiger partial charge in [-0.3, -0.25) is 15.0 Å². The molecule has 0 heterocycles. The van der Waals surface area contributed by atoms with Gasteiger partial charge in [0.15, 0.2) is 12.4 Å². The van der Waals surface area contributed by atoms with Gasteiger partial charge in [-0.05, 0) is 69.0 Å². The predicted molar refractivity (Wildman–Crippen MR) is 124 cm³/mol. The highest BCUT2D eigenvalue weighted by atomic mass is 16.6. The van der Waals surface area contributed by atoms with E-state index in [9.17, 15) is 14.4 Å². The molecule has 1 unspecified atom stereocenters. The zero-order chi connectivity index (χ0) is 23.8. The van der Waals surface area contributed by atoms with Crippen LogP contribution in [-0.2, 0) is 9.53 Å². The van der Waals surface area contributed by atoms with E-state index in [2.05, 4.69) is 5.32 Å². The number of rotatable bonds is 9. The number of carbonyl (C=O) groups is 3. The number of nitrogens with one attached hydrogen (secondary N) is 2. The van der Waals surface area contributed by atoms with E-state index in [1.54, 1.807) is 55.5 Å². The molecule has 1 saturated carbocycles. The van der Waals surface area contributed by atoms with E-state index in [0.29, 0.717) is 22.4 Å². The largest absolute Gasteiger partial charge is 0.482 e. The molecule has 1 amide bonds. The second-order valence-corrected chi connectivity index (χ2v) is 8.11. The fourth-order valence-corrected chi connectivity index (χ4v) is 3.66. The average molecular weight is 452 g/mol. The van der Waals surface area contributed by atoms with Gasteiger partial charge in [-0.2, -0.15) is 0 Å². The maximum atomic E-state index is 12.7. The van der Waals surface area contributed by atoms with Gasteiger partial charge in [0.2, 0.25) is 0 Å². The van der Waals surface area contributed by atoms with E-state index in [-0.39, 0.29) is 24.3 Å². The first-order valence-corrected chi connectivity index (χ1v) is 11.1. The number of hydrogen-bond acceptors (Lipinski definition) is 6. The molecule has 8 nitrogen and oxygen atoms in total. The van der Waals surface area contributed by atoms with Crippen LogP contribution < -0.4 is 15.8 Å². The summed E-state index contributed by atoms with van der Waals surface area (Å²) in [6.45, 7) is 1.43. The Morgan fingerprint density at radius 3 is 2.15 bits per heavy atom. The van der Waals surface area contributed by atoms with Gasteiger partial charge in [0, 0.05) is 16.7 Å². The van der Waals surface area contributed by atoms with Gasteiger partial charge in [0.25, 0.3) is 5.91 Å². The van der Waals surface area contributed by atoms with Gasteiger partial charge in [0.05, 0.1) is 6.04 Å². The molecule has 0 aliphatic heterocycles. The molecule has 2 aromatic carbocycles. The number of carbonyl (C=O) groups excluding carboxylic acids is 3. The van der Waals surface area contributed by atoms with Crippen molar-refractivity contribution in [3.8, 4) is 5.75 Å². The second-order valence-electron chi connectivity index (χ2n) is 8.11. The number of benzene rings is 2. The van der Waals surface area contributed by atoms with Crippen LogP contribution in [0.5, 0.6) is 5.75 Å². The van der Waals surface area contributed by atoms with Crippen LogP contribution in [0.2, 0.25) is 0 Å². The van der Waals surface area contributed by atoms with Gasteiger partial charge >= 0.3 is 5.97 Å². The van der Waals surface area contributed by atoms with Crippen LogP contribution in [0.25, 0.3) is 0 Å². The third-order valence-electron chi connectivity index (χ3n) is 5.54. The summed E-state index contributed by atoms with van der Waals surface area (Å²) in [5.41, 5.74) is 6.70. The molecule has 1 aliphatic carbocycles. The Labute approximate surface area is 193 Å². The lowest BCUT2D eigenvalue weighted by Crippen LogP contribution is -2.38. The lowest BCUT2D eigenvalue weighted by molar-refractivity contribution is -0.152. The van der Waals surface area contributed by atoms with Gasteiger partial charge < -0.3 is 20.5 Å². The standard InChI is InChI=1S/C25H29N3O5/c1-16(28-25(31)19-9-7-18(8-10-19)24(26)27)23(30)17-11-13-20(14-12-17)32-15-22(29)33-21-5-3-2-4-6-21/h7-14,16,21H,2-6,15H2,1H3,(H3,26,27)(H,28,31). The minimum Gasteiger partial charge on any atom is -0.482 e. The monoisotopic (exact) mass is 451 g/mol. The van der Waals surface area contributed by atoms with Crippen LogP contribution in [0, 0.1) is 5.41 Å². The van der Waals surface area contributed by atoms with E-state index in [4.69, 9.17) is 20.6 Å². The molecule has 0 spiro atoms. The Balaban J connectivity index is 1.48. The fourth-order valence-electron chi connectivity index (χ4n) is 3.66. The number of esters is 1. The van der Waals surface area contributed by atoms with E-state index in [1.165, 1.54) is 6.42 Å². The minimum absolute atomic E-state index is 0.0152. The zero-order valence-corrected chi connectivity index (χ0v) is 18.6. The zero-order valence-electron chi connectivity index (χ0n) is 18.6. The number of ketones is 1. The number of amidine groups is 1. The molecule has 1 atom stereocenters. The SMILES string of the molecule is CC(NC(=O)c1ccc(C(=N)N)cc1)C(=O)c1ccc(OCC(=O)OC2CCCCC2)cc1. The second kappa shape index (κ2) is 11.3. The Morgan fingerprint density at radius 2 is 1.55 bits per heavy atom.